The molecule has 1 aliphatic heterocycles. The largest absolute Gasteiger partial charge is 0.481 e. The molecular weight excluding hydrogens is 344 g/mol. The molecule has 2 aromatic heterocycles. The number of likely N-dealkylation sites (tertiary alicyclic amines) is 1. The first kappa shape index (κ1) is 17.7. The molecule has 2 aromatic rings. The van der Waals surface area contributed by atoms with Gasteiger partial charge in [-0.25, -0.2) is 9.97 Å². The first-order valence-corrected chi connectivity index (χ1v) is 9.27. The van der Waals surface area contributed by atoms with Crippen LogP contribution in [0.25, 0.3) is 0 Å². The molecule has 1 fully saturated rings. The second-order valence-electron chi connectivity index (χ2n) is 7.31. The Balaban J connectivity index is 1.63. The molecule has 4 rings (SSSR count). The summed E-state index contributed by atoms with van der Waals surface area (Å²) in [5, 5.41) is 0. The van der Waals surface area contributed by atoms with Gasteiger partial charge in [-0.2, -0.15) is 4.98 Å². The fourth-order valence-corrected chi connectivity index (χ4v) is 4.36. The third kappa shape index (κ3) is 3.01. The van der Waals surface area contributed by atoms with E-state index in [1.165, 1.54) is 12.7 Å². The van der Waals surface area contributed by atoms with Crippen molar-refractivity contribution in [2.24, 2.45) is 0 Å². The van der Waals surface area contributed by atoms with Crippen LogP contribution in [0.4, 0.5) is 0 Å². The normalized spacial score (nSPS) is 21.2. The summed E-state index contributed by atoms with van der Waals surface area (Å²) >= 11 is 0. The second-order valence-corrected chi connectivity index (χ2v) is 7.31. The van der Waals surface area contributed by atoms with Gasteiger partial charge in [0.1, 0.15) is 11.4 Å². The monoisotopic (exact) mass is 368 g/mol. The fraction of sp³-hybridized carbons (Fsp3) is 0.500. The van der Waals surface area contributed by atoms with Crippen LogP contribution in [0.3, 0.4) is 0 Å². The number of hydrogen-bond donors (Lipinski definition) is 0. The first-order valence-electron chi connectivity index (χ1n) is 9.27. The minimum atomic E-state index is -0.0654. The molecule has 2 aliphatic rings. The van der Waals surface area contributed by atoms with Crippen molar-refractivity contribution in [2.75, 3.05) is 27.3 Å². The highest BCUT2D eigenvalue weighted by molar-refractivity contribution is 5.96. The number of rotatable bonds is 3. The molecule has 0 saturated carbocycles. The topological polar surface area (TPSA) is 77.4 Å². The van der Waals surface area contributed by atoms with Crippen molar-refractivity contribution in [1.82, 2.24) is 19.9 Å². The van der Waals surface area contributed by atoms with Gasteiger partial charge >= 0.3 is 0 Å². The van der Waals surface area contributed by atoms with Crippen LogP contribution in [-0.4, -0.2) is 53.1 Å². The molecule has 1 atom stereocenters. The number of carbonyl (C=O) groups is 1. The number of aryl methyl sites for hydroxylation is 2. The number of carbonyl (C=O) groups excluding carboxylic acids is 1. The van der Waals surface area contributed by atoms with E-state index >= 15 is 0 Å². The fourth-order valence-electron chi connectivity index (χ4n) is 4.36. The Morgan fingerprint density at radius 3 is 2.81 bits per heavy atom. The molecule has 0 radical (unpaired) electrons. The van der Waals surface area contributed by atoms with Gasteiger partial charge in [0.25, 0.3) is 5.91 Å². The molecule has 0 bridgehead atoms. The zero-order chi connectivity index (χ0) is 19.0. The van der Waals surface area contributed by atoms with Gasteiger partial charge in [0.2, 0.25) is 11.8 Å². The van der Waals surface area contributed by atoms with Gasteiger partial charge in [-0.1, -0.05) is 0 Å². The quantitative estimate of drug-likeness (QED) is 0.827. The number of pyridine rings is 1. The Hall–Kier alpha value is -2.70. The molecule has 1 amide bonds. The van der Waals surface area contributed by atoms with Crippen LogP contribution in [0.2, 0.25) is 0 Å². The molecule has 0 aromatic carbocycles. The maximum atomic E-state index is 13.2. The predicted molar refractivity (Wildman–Crippen MR) is 99.2 cm³/mol. The Morgan fingerprint density at radius 1 is 1.19 bits per heavy atom. The van der Waals surface area contributed by atoms with Gasteiger partial charge in [-0.3, -0.25) is 4.79 Å². The number of hydrogen-bond acceptors (Lipinski definition) is 6. The van der Waals surface area contributed by atoms with E-state index < -0.39 is 0 Å². The van der Waals surface area contributed by atoms with E-state index in [-0.39, 0.29) is 11.3 Å². The van der Waals surface area contributed by atoms with Gasteiger partial charge in [0.15, 0.2) is 0 Å². The highest BCUT2D eigenvalue weighted by Gasteiger charge is 2.45. The standard InChI is InChI=1S/C20H24N4O3/c1-13-21-11-14-7-9-20(17(14)22-13)8-4-10-24(12-20)19(25)15-5-6-16(26-2)23-18(15)27-3/h5-6,11H,4,7-10,12H2,1-3H3. The zero-order valence-electron chi connectivity index (χ0n) is 16.0. The van der Waals surface area contributed by atoms with Gasteiger partial charge in [-0.15, -0.1) is 0 Å². The number of amides is 1. The number of ether oxygens (including phenoxy) is 2. The minimum Gasteiger partial charge on any atom is -0.481 e. The van der Waals surface area contributed by atoms with Crippen molar-refractivity contribution in [3.05, 3.63) is 41.0 Å². The molecule has 7 nitrogen and oxygen atoms in total. The van der Waals surface area contributed by atoms with Crippen LogP contribution < -0.4 is 9.47 Å². The van der Waals surface area contributed by atoms with Crippen LogP contribution in [0.15, 0.2) is 18.3 Å². The van der Waals surface area contributed by atoms with Crippen molar-refractivity contribution in [3.63, 3.8) is 0 Å². The summed E-state index contributed by atoms with van der Waals surface area (Å²) in [6.45, 7) is 3.32. The van der Waals surface area contributed by atoms with E-state index in [0.717, 1.165) is 43.7 Å². The van der Waals surface area contributed by atoms with Crippen LogP contribution in [0, 0.1) is 6.92 Å². The third-order valence-electron chi connectivity index (χ3n) is 5.69. The Labute approximate surface area is 158 Å². The number of aromatic nitrogens is 3. The molecule has 142 valence electrons. The average molecular weight is 368 g/mol. The first-order chi connectivity index (χ1) is 13.1. The minimum absolute atomic E-state index is 0.0553. The highest BCUT2D eigenvalue weighted by Crippen LogP contribution is 2.44. The lowest BCUT2D eigenvalue weighted by molar-refractivity contribution is 0.0629. The molecule has 0 N–H and O–H groups in total. The van der Waals surface area contributed by atoms with Crippen LogP contribution in [0.1, 0.15) is 46.7 Å². The average Bonchev–Trinajstić information content (AvgIpc) is 3.04. The van der Waals surface area contributed by atoms with Crippen molar-refractivity contribution < 1.29 is 14.3 Å². The van der Waals surface area contributed by atoms with Gasteiger partial charge in [0.05, 0.1) is 19.9 Å². The number of methoxy groups -OCH3 is 2. The summed E-state index contributed by atoms with van der Waals surface area (Å²) < 4.78 is 10.5. The van der Waals surface area contributed by atoms with E-state index in [0.29, 0.717) is 23.9 Å². The van der Waals surface area contributed by atoms with Crippen molar-refractivity contribution in [3.8, 4) is 11.8 Å². The molecule has 1 saturated heterocycles. The highest BCUT2D eigenvalue weighted by atomic mass is 16.5. The molecule has 1 unspecified atom stereocenters. The van der Waals surface area contributed by atoms with Gasteiger partial charge < -0.3 is 14.4 Å². The second kappa shape index (κ2) is 6.79. The van der Waals surface area contributed by atoms with E-state index in [1.807, 2.05) is 18.0 Å². The van der Waals surface area contributed by atoms with Crippen LogP contribution in [0.5, 0.6) is 11.8 Å². The third-order valence-corrected chi connectivity index (χ3v) is 5.69. The van der Waals surface area contributed by atoms with E-state index in [4.69, 9.17) is 14.5 Å². The number of piperidine rings is 1. The molecule has 3 heterocycles. The maximum absolute atomic E-state index is 13.2. The van der Waals surface area contributed by atoms with E-state index in [9.17, 15) is 4.79 Å². The SMILES string of the molecule is COc1ccc(C(=O)N2CCCC3(CCc4cnc(C)nc43)C2)c(OC)n1. The molecular formula is C20H24N4O3. The van der Waals surface area contributed by atoms with Crippen LogP contribution >= 0.6 is 0 Å². The summed E-state index contributed by atoms with van der Waals surface area (Å²) in [5.41, 5.74) is 2.75. The maximum Gasteiger partial charge on any atom is 0.259 e. The molecule has 7 heteroatoms. The smallest absolute Gasteiger partial charge is 0.259 e. The summed E-state index contributed by atoms with van der Waals surface area (Å²) in [5.74, 6) is 1.46. The number of fused-ring (bicyclic) bond motifs is 2. The Morgan fingerprint density at radius 2 is 2.04 bits per heavy atom. The lowest BCUT2D eigenvalue weighted by atomic mass is 9.77. The van der Waals surface area contributed by atoms with Gasteiger partial charge in [-0.05, 0) is 44.2 Å². The Bertz CT molecular complexity index is 882. The molecule has 1 spiro atoms. The zero-order valence-corrected chi connectivity index (χ0v) is 16.0. The summed E-state index contributed by atoms with van der Waals surface area (Å²) in [6, 6.07) is 3.42. The lowest BCUT2D eigenvalue weighted by Crippen LogP contribution is -2.48. The molecule has 27 heavy (non-hydrogen) atoms. The predicted octanol–water partition coefficient (Wildman–Crippen LogP) is 2.32. The van der Waals surface area contributed by atoms with Crippen molar-refractivity contribution in [2.45, 2.75) is 38.0 Å². The van der Waals surface area contributed by atoms with Crippen molar-refractivity contribution in [1.29, 1.82) is 0 Å². The van der Waals surface area contributed by atoms with E-state index in [1.54, 1.807) is 19.2 Å². The van der Waals surface area contributed by atoms with Crippen LogP contribution in [-0.2, 0) is 11.8 Å². The van der Waals surface area contributed by atoms with Crippen molar-refractivity contribution >= 4 is 5.91 Å². The molecule has 1 aliphatic carbocycles. The lowest BCUT2D eigenvalue weighted by Gasteiger charge is -2.40. The summed E-state index contributed by atoms with van der Waals surface area (Å²) in [6.07, 6.45) is 5.95. The van der Waals surface area contributed by atoms with Gasteiger partial charge in [0, 0.05) is 30.8 Å². The Kier molecular flexibility index (Phi) is 4.45. The van der Waals surface area contributed by atoms with E-state index in [2.05, 4.69) is 9.97 Å². The number of nitrogens with zero attached hydrogens (tertiary/aromatic N) is 4. The summed E-state index contributed by atoms with van der Waals surface area (Å²) in [4.78, 5) is 28.5. The summed E-state index contributed by atoms with van der Waals surface area (Å²) in [7, 11) is 3.06.